The summed E-state index contributed by atoms with van der Waals surface area (Å²) in [6, 6.07) is 14.8. The number of nitrogens with zero attached hydrogens (tertiary/aromatic N) is 1. The van der Waals surface area contributed by atoms with E-state index in [1.165, 1.54) is 0 Å². The summed E-state index contributed by atoms with van der Waals surface area (Å²) >= 11 is 3.82. The van der Waals surface area contributed by atoms with Crippen LogP contribution in [0, 0.1) is 10.5 Å². The van der Waals surface area contributed by atoms with Gasteiger partial charge in [0.05, 0.1) is 10.7 Å². The van der Waals surface area contributed by atoms with Crippen molar-refractivity contribution >= 4 is 45.5 Å². The summed E-state index contributed by atoms with van der Waals surface area (Å²) in [5.74, 6) is 0.488. The van der Waals surface area contributed by atoms with Crippen molar-refractivity contribution in [3.8, 4) is 5.75 Å². The SMILES string of the molecule is Cc1nc(COc2cccc(C(=O)Nc3ccc(I)cc3)c2)cs1. The van der Waals surface area contributed by atoms with Crippen molar-refractivity contribution in [2.45, 2.75) is 13.5 Å². The van der Waals surface area contributed by atoms with E-state index in [4.69, 9.17) is 4.74 Å². The molecule has 6 heteroatoms. The molecule has 1 heterocycles. The summed E-state index contributed by atoms with van der Waals surface area (Å²) in [6.07, 6.45) is 0. The lowest BCUT2D eigenvalue weighted by Crippen LogP contribution is -2.12. The van der Waals surface area contributed by atoms with E-state index < -0.39 is 0 Å². The van der Waals surface area contributed by atoms with Crippen molar-refractivity contribution < 1.29 is 9.53 Å². The predicted molar refractivity (Wildman–Crippen MR) is 105 cm³/mol. The Morgan fingerprint density at radius 2 is 2.04 bits per heavy atom. The summed E-state index contributed by atoms with van der Waals surface area (Å²) in [5.41, 5.74) is 2.22. The smallest absolute Gasteiger partial charge is 0.255 e. The molecule has 3 aromatic rings. The Morgan fingerprint density at radius 1 is 1.25 bits per heavy atom. The maximum Gasteiger partial charge on any atom is 0.255 e. The Morgan fingerprint density at radius 3 is 2.75 bits per heavy atom. The van der Waals surface area contributed by atoms with E-state index >= 15 is 0 Å². The van der Waals surface area contributed by atoms with Gasteiger partial charge in [-0.25, -0.2) is 4.98 Å². The minimum atomic E-state index is -0.161. The second kappa shape index (κ2) is 7.76. The van der Waals surface area contributed by atoms with Gasteiger partial charge in [0.2, 0.25) is 0 Å². The molecule has 2 aromatic carbocycles. The molecule has 4 nitrogen and oxygen atoms in total. The van der Waals surface area contributed by atoms with Crippen LogP contribution in [0.5, 0.6) is 5.75 Å². The molecular formula is C18H15IN2O2S. The summed E-state index contributed by atoms with van der Waals surface area (Å²) in [6.45, 7) is 2.36. The van der Waals surface area contributed by atoms with Crippen LogP contribution in [-0.2, 0) is 6.61 Å². The molecule has 0 unspecified atom stereocenters. The van der Waals surface area contributed by atoms with Crippen LogP contribution in [0.3, 0.4) is 0 Å². The molecule has 0 bridgehead atoms. The van der Waals surface area contributed by atoms with Crippen LogP contribution >= 0.6 is 33.9 Å². The Kier molecular flexibility index (Phi) is 5.47. The molecule has 24 heavy (non-hydrogen) atoms. The van der Waals surface area contributed by atoms with Gasteiger partial charge in [-0.05, 0) is 72.0 Å². The molecule has 0 saturated heterocycles. The van der Waals surface area contributed by atoms with Gasteiger partial charge in [0.1, 0.15) is 12.4 Å². The van der Waals surface area contributed by atoms with E-state index in [-0.39, 0.29) is 5.91 Å². The van der Waals surface area contributed by atoms with Gasteiger partial charge in [0.15, 0.2) is 0 Å². The van der Waals surface area contributed by atoms with Gasteiger partial charge in [-0.1, -0.05) is 6.07 Å². The highest BCUT2D eigenvalue weighted by molar-refractivity contribution is 14.1. The topological polar surface area (TPSA) is 51.2 Å². The second-order valence-corrected chi connectivity index (χ2v) is 7.44. The van der Waals surface area contributed by atoms with Gasteiger partial charge in [-0.2, -0.15) is 0 Å². The quantitative estimate of drug-likeness (QED) is 0.564. The fourth-order valence-corrected chi connectivity index (χ4v) is 3.05. The maximum atomic E-state index is 12.3. The van der Waals surface area contributed by atoms with E-state index in [0.29, 0.717) is 17.9 Å². The molecule has 122 valence electrons. The number of carbonyl (C=O) groups is 1. The molecule has 0 aliphatic heterocycles. The zero-order valence-corrected chi connectivity index (χ0v) is 15.9. The summed E-state index contributed by atoms with van der Waals surface area (Å²) in [5, 5.41) is 5.87. The highest BCUT2D eigenvalue weighted by atomic mass is 127. The van der Waals surface area contributed by atoms with Gasteiger partial charge in [-0.15, -0.1) is 11.3 Å². The molecule has 0 atom stereocenters. The molecule has 0 aliphatic rings. The first kappa shape index (κ1) is 16.9. The number of hydrogen-bond acceptors (Lipinski definition) is 4. The van der Waals surface area contributed by atoms with Crippen LogP contribution in [-0.4, -0.2) is 10.9 Å². The second-order valence-electron chi connectivity index (χ2n) is 5.14. The monoisotopic (exact) mass is 450 g/mol. The first-order valence-corrected chi connectivity index (χ1v) is 9.27. The fourth-order valence-electron chi connectivity index (χ4n) is 2.10. The number of halogens is 1. The molecule has 0 fully saturated rings. The number of aromatic nitrogens is 1. The number of carbonyl (C=O) groups excluding carboxylic acids is 1. The van der Waals surface area contributed by atoms with Crippen LogP contribution in [0.4, 0.5) is 5.69 Å². The first-order chi connectivity index (χ1) is 11.6. The number of aryl methyl sites for hydroxylation is 1. The summed E-state index contributed by atoms with van der Waals surface area (Å²) in [7, 11) is 0. The number of ether oxygens (including phenoxy) is 1. The molecule has 1 aromatic heterocycles. The normalized spacial score (nSPS) is 10.4. The predicted octanol–water partition coefficient (Wildman–Crippen LogP) is 4.89. The van der Waals surface area contributed by atoms with Crippen LogP contribution in [0.25, 0.3) is 0 Å². The van der Waals surface area contributed by atoms with Crippen LogP contribution in [0.2, 0.25) is 0 Å². The highest BCUT2D eigenvalue weighted by Crippen LogP contribution is 2.18. The molecular weight excluding hydrogens is 435 g/mol. The van der Waals surface area contributed by atoms with Crippen molar-refractivity contribution in [1.29, 1.82) is 0 Å². The Bertz CT molecular complexity index is 846. The van der Waals surface area contributed by atoms with Crippen molar-refractivity contribution in [1.82, 2.24) is 4.98 Å². The third-order valence-electron chi connectivity index (χ3n) is 3.25. The average molecular weight is 450 g/mol. The van der Waals surface area contributed by atoms with Crippen LogP contribution < -0.4 is 10.1 Å². The Hall–Kier alpha value is -1.93. The van der Waals surface area contributed by atoms with Crippen LogP contribution in [0.1, 0.15) is 21.1 Å². The van der Waals surface area contributed by atoms with Gasteiger partial charge in [-0.3, -0.25) is 4.79 Å². The standard InChI is InChI=1S/C18H15IN2O2S/c1-12-20-16(11-24-12)10-23-17-4-2-3-13(9-17)18(22)21-15-7-5-14(19)6-8-15/h2-9,11H,10H2,1H3,(H,21,22). The molecule has 1 amide bonds. The Balaban J connectivity index is 1.65. The molecule has 0 aliphatic carbocycles. The number of amides is 1. The summed E-state index contributed by atoms with van der Waals surface area (Å²) in [4.78, 5) is 16.7. The minimum absolute atomic E-state index is 0.161. The van der Waals surface area contributed by atoms with Gasteiger partial charge >= 0.3 is 0 Å². The first-order valence-electron chi connectivity index (χ1n) is 7.31. The molecule has 0 radical (unpaired) electrons. The highest BCUT2D eigenvalue weighted by Gasteiger charge is 2.08. The average Bonchev–Trinajstić information content (AvgIpc) is 3.01. The number of anilines is 1. The maximum absolute atomic E-state index is 12.3. The van der Waals surface area contributed by atoms with Gasteiger partial charge in [0, 0.05) is 20.2 Å². The number of thiazole rings is 1. The molecule has 1 N–H and O–H groups in total. The third-order valence-corrected chi connectivity index (χ3v) is 4.79. The number of hydrogen-bond donors (Lipinski definition) is 1. The van der Waals surface area contributed by atoms with E-state index in [1.807, 2.05) is 48.7 Å². The number of nitrogens with one attached hydrogen (secondary N) is 1. The van der Waals surface area contributed by atoms with E-state index in [0.717, 1.165) is 20.0 Å². The van der Waals surface area contributed by atoms with Gasteiger partial charge in [0.25, 0.3) is 5.91 Å². The Labute approximate surface area is 158 Å². The van der Waals surface area contributed by atoms with Gasteiger partial charge < -0.3 is 10.1 Å². The van der Waals surface area contributed by atoms with Crippen LogP contribution in [0.15, 0.2) is 53.9 Å². The van der Waals surface area contributed by atoms with E-state index in [9.17, 15) is 4.79 Å². The van der Waals surface area contributed by atoms with E-state index in [1.54, 1.807) is 23.5 Å². The molecule has 0 saturated carbocycles. The van der Waals surface area contributed by atoms with Crippen molar-refractivity contribution in [2.24, 2.45) is 0 Å². The zero-order valence-electron chi connectivity index (χ0n) is 13.0. The lowest BCUT2D eigenvalue weighted by Gasteiger charge is -2.08. The lowest BCUT2D eigenvalue weighted by molar-refractivity contribution is 0.102. The van der Waals surface area contributed by atoms with Crippen molar-refractivity contribution in [2.75, 3.05) is 5.32 Å². The van der Waals surface area contributed by atoms with E-state index in [2.05, 4.69) is 32.9 Å². The number of benzene rings is 2. The molecule has 0 spiro atoms. The van der Waals surface area contributed by atoms with Crippen molar-refractivity contribution in [3.05, 3.63) is 73.7 Å². The molecule has 3 rings (SSSR count). The summed E-state index contributed by atoms with van der Waals surface area (Å²) < 4.78 is 6.85. The lowest BCUT2D eigenvalue weighted by atomic mass is 10.2. The third kappa shape index (κ3) is 4.55. The minimum Gasteiger partial charge on any atom is -0.487 e. The fraction of sp³-hybridized carbons (Fsp3) is 0.111. The van der Waals surface area contributed by atoms with Crippen molar-refractivity contribution in [3.63, 3.8) is 0 Å². The number of rotatable bonds is 5. The zero-order chi connectivity index (χ0) is 16.9. The largest absolute Gasteiger partial charge is 0.487 e.